The minimum absolute atomic E-state index is 0.129. The van der Waals surface area contributed by atoms with Crippen LogP contribution in [0, 0.1) is 0 Å². The average molecular weight is 204 g/mol. The van der Waals surface area contributed by atoms with E-state index in [0.29, 0.717) is 12.0 Å². The van der Waals surface area contributed by atoms with Crippen molar-refractivity contribution in [1.29, 1.82) is 0 Å². The smallest absolute Gasteiger partial charge is 0.331 e. The van der Waals surface area contributed by atoms with Crippen molar-refractivity contribution >= 4 is 11.8 Å². The second-order valence-electron chi connectivity index (χ2n) is 3.06. The zero-order chi connectivity index (χ0) is 11.3. The minimum atomic E-state index is -1.04. The molecule has 78 valence electrons. The summed E-state index contributed by atoms with van der Waals surface area (Å²) in [4.78, 5) is 22.3. The molecule has 1 aromatic carbocycles. The van der Waals surface area contributed by atoms with E-state index < -0.39 is 5.97 Å². The number of rotatable bonds is 4. The molecule has 0 aromatic heterocycles. The lowest BCUT2D eigenvalue weighted by molar-refractivity contribution is -0.132. The van der Waals surface area contributed by atoms with Crippen LogP contribution in [-0.2, 0) is 4.79 Å². The van der Waals surface area contributed by atoms with Crippen LogP contribution >= 0.6 is 0 Å². The molecule has 0 spiro atoms. The maximum atomic E-state index is 11.6. The van der Waals surface area contributed by atoms with Crippen LogP contribution in [0.3, 0.4) is 0 Å². The first-order valence-electron chi connectivity index (χ1n) is 4.68. The highest BCUT2D eigenvalue weighted by atomic mass is 16.4. The molecule has 3 nitrogen and oxygen atoms in total. The average Bonchev–Trinajstić information content (AvgIpc) is 2.26. The van der Waals surface area contributed by atoms with Gasteiger partial charge in [-0.2, -0.15) is 0 Å². The molecule has 1 rings (SSSR count). The number of ketones is 1. The molecule has 0 aliphatic heterocycles. The highest BCUT2D eigenvalue weighted by Gasteiger charge is 2.08. The fraction of sp³-hybridized carbons (Fsp3) is 0.167. The third-order valence-electron chi connectivity index (χ3n) is 2.02. The van der Waals surface area contributed by atoms with E-state index in [1.54, 1.807) is 37.3 Å². The standard InChI is InChI=1S/C12H12O3/c1-2-9(12(14)15)8-11(13)10-6-4-3-5-7-10/h3-8H,2H2,1H3,(H,14,15)/b9-8+. The second-order valence-corrected chi connectivity index (χ2v) is 3.06. The van der Waals surface area contributed by atoms with Crippen molar-refractivity contribution in [1.82, 2.24) is 0 Å². The van der Waals surface area contributed by atoms with Crippen molar-refractivity contribution in [3.05, 3.63) is 47.5 Å². The summed E-state index contributed by atoms with van der Waals surface area (Å²) in [6.07, 6.45) is 1.52. The van der Waals surface area contributed by atoms with Gasteiger partial charge in [-0.25, -0.2) is 4.79 Å². The number of aliphatic carboxylic acids is 1. The zero-order valence-electron chi connectivity index (χ0n) is 8.43. The molecular formula is C12H12O3. The molecule has 0 radical (unpaired) electrons. The number of hydrogen-bond acceptors (Lipinski definition) is 2. The van der Waals surface area contributed by atoms with Crippen LogP contribution in [0.5, 0.6) is 0 Å². The van der Waals surface area contributed by atoms with Gasteiger partial charge in [0.25, 0.3) is 0 Å². The Morgan fingerprint density at radius 3 is 2.33 bits per heavy atom. The molecule has 3 heteroatoms. The molecule has 0 atom stereocenters. The Bertz CT molecular complexity index is 391. The first-order chi connectivity index (χ1) is 7.15. The number of allylic oxidation sites excluding steroid dienone is 1. The number of benzene rings is 1. The summed E-state index contributed by atoms with van der Waals surface area (Å²) >= 11 is 0. The van der Waals surface area contributed by atoms with Crippen LogP contribution < -0.4 is 0 Å². The van der Waals surface area contributed by atoms with Gasteiger partial charge in [0.05, 0.1) is 0 Å². The van der Waals surface area contributed by atoms with Crippen LogP contribution in [0.4, 0.5) is 0 Å². The molecule has 0 aliphatic rings. The Labute approximate surface area is 88.0 Å². The molecule has 0 unspecified atom stereocenters. The predicted octanol–water partition coefficient (Wildman–Crippen LogP) is 2.29. The van der Waals surface area contributed by atoms with Gasteiger partial charge in [-0.05, 0) is 12.5 Å². The molecule has 0 fully saturated rings. The zero-order valence-corrected chi connectivity index (χ0v) is 8.43. The number of carboxylic acids is 1. The van der Waals surface area contributed by atoms with Gasteiger partial charge in [0, 0.05) is 11.1 Å². The van der Waals surface area contributed by atoms with E-state index in [4.69, 9.17) is 5.11 Å². The highest BCUT2D eigenvalue weighted by molar-refractivity contribution is 6.08. The minimum Gasteiger partial charge on any atom is -0.478 e. The Kier molecular flexibility index (Phi) is 3.80. The van der Waals surface area contributed by atoms with Gasteiger partial charge in [0.1, 0.15) is 0 Å². The van der Waals surface area contributed by atoms with Crippen LogP contribution in [0.1, 0.15) is 23.7 Å². The molecule has 15 heavy (non-hydrogen) atoms. The van der Waals surface area contributed by atoms with Gasteiger partial charge < -0.3 is 5.11 Å². The summed E-state index contributed by atoms with van der Waals surface area (Å²) in [6, 6.07) is 8.61. The fourth-order valence-corrected chi connectivity index (χ4v) is 1.16. The number of carbonyl (C=O) groups excluding carboxylic acids is 1. The topological polar surface area (TPSA) is 54.4 Å². The van der Waals surface area contributed by atoms with E-state index >= 15 is 0 Å². The highest BCUT2D eigenvalue weighted by Crippen LogP contribution is 2.06. The SMILES string of the molecule is CC/C(=C\C(=O)c1ccccc1)C(=O)O. The van der Waals surface area contributed by atoms with E-state index in [2.05, 4.69) is 0 Å². The van der Waals surface area contributed by atoms with E-state index in [-0.39, 0.29) is 11.4 Å². The lowest BCUT2D eigenvalue weighted by Gasteiger charge is -1.98. The predicted molar refractivity (Wildman–Crippen MR) is 56.8 cm³/mol. The monoisotopic (exact) mass is 204 g/mol. The van der Waals surface area contributed by atoms with Crippen LogP contribution in [0.2, 0.25) is 0 Å². The molecule has 0 bridgehead atoms. The third-order valence-corrected chi connectivity index (χ3v) is 2.02. The van der Waals surface area contributed by atoms with Crippen molar-refractivity contribution in [3.8, 4) is 0 Å². The van der Waals surface area contributed by atoms with Crippen LogP contribution in [0.25, 0.3) is 0 Å². The van der Waals surface area contributed by atoms with E-state index in [1.165, 1.54) is 6.08 Å². The van der Waals surface area contributed by atoms with Gasteiger partial charge in [-0.1, -0.05) is 37.3 Å². The molecule has 1 N–H and O–H groups in total. The van der Waals surface area contributed by atoms with Gasteiger partial charge >= 0.3 is 5.97 Å². The van der Waals surface area contributed by atoms with E-state index in [0.717, 1.165) is 0 Å². The van der Waals surface area contributed by atoms with Crippen molar-refractivity contribution in [3.63, 3.8) is 0 Å². The Morgan fingerprint density at radius 2 is 1.87 bits per heavy atom. The quantitative estimate of drug-likeness (QED) is 0.604. The first kappa shape index (κ1) is 11.2. The largest absolute Gasteiger partial charge is 0.478 e. The summed E-state index contributed by atoms with van der Waals surface area (Å²) in [5, 5.41) is 8.75. The maximum Gasteiger partial charge on any atom is 0.331 e. The molecule has 0 amide bonds. The molecule has 1 aromatic rings. The molecular weight excluding hydrogens is 192 g/mol. The lowest BCUT2D eigenvalue weighted by Crippen LogP contribution is -2.03. The number of carboxylic acid groups (broad SMARTS) is 1. The van der Waals surface area contributed by atoms with Crippen LogP contribution in [0.15, 0.2) is 42.0 Å². The Morgan fingerprint density at radius 1 is 1.27 bits per heavy atom. The van der Waals surface area contributed by atoms with E-state index in [9.17, 15) is 9.59 Å². The second kappa shape index (κ2) is 5.10. The lowest BCUT2D eigenvalue weighted by atomic mass is 10.1. The number of carbonyl (C=O) groups is 2. The third kappa shape index (κ3) is 3.06. The fourth-order valence-electron chi connectivity index (χ4n) is 1.16. The molecule has 0 heterocycles. The molecule has 0 aliphatic carbocycles. The number of hydrogen-bond donors (Lipinski definition) is 1. The van der Waals surface area contributed by atoms with Gasteiger partial charge in [-0.3, -0.25) is 4.79 Å². The van der Waals surface area contributed by atoms with Gasteiger partial charge in [0.15, 0.2) is 5.78 Å². The summed E-state index contributed by atoms with van der Waals surface area (Å²) < 4.78 is 0. The van der Waals surface area contributed by atoms with Gasteiger partial charge in [0.2, 0.25) is 0 Å². The molecule has 0 saturated carbocycles. The summed E-state index contributed by atoms with van der Waals surface area (Å²) in [7, 11) is 0. The van der Waals surface area contributed by atoms with Crippen molar-refractivity contribution in [2.24, 2.45) is 0 Å². The normalized spacial score (nSPS) is 11.1. The Hall–Kier alpha value is -1.90. The van der Waals surface area contributed by atoms with Crippen molar-refractivity contribution in [2.45, 2.75) is 13.3 Å². The van der Waals surface area contributed by atoms with Crippen molar-refractivity contribution < 1.29 is 14.7 Å². The van der Waals surface area contributed by atoms with Gasteiger partial charge in [-0.15, -0.1) is 0 Å². The first-order valence-corrected chi connectivity index (χ1v) is 4.68. The van der Waals surface area contributed by atoms with Crippen molar-refractivity contribution in [2.75, 3.05) is 0 Å². The maximum absolute atomic E-state index is 11.6. The molecule has 0 saturated heterocycles. The van der Waals surface area contributed by atoms with Crippen LogP contribution in [-0.4, -0.2) is 16.9 Å². The van der Waals surface area contributed by atoms with E-state index in [1.807, 2.05) is 0 Å². The Balaban J connectivity index is 2.92. The summed E-state index contributed by atoms with van der Waals surface area (Å²) in [5.41, 5.74) is 0.633. The summed E-state index contributed by atoms with van der Waals surface area (Å²) in [6.45, 7) is 1.71. The summed E-state index contributed by atoms with van der Waals surface area (Å²) in [5.74, 6) is -1.31.